The van der Waals surface area contributed by atoms with Crippen LogP contribution in [-0.2, 0) is 4.79 Å². The summed E-state index contributed by atoms with van der Waals surface area (Å²) in [5.41, 5.74) is 3.00. The fraction of sp³-hybridized carbons (Fsp3) is 0.667. The van der Waals surface area contributed by atoms with Gasteiger partial charge >= 0.3 is 0 Å². The number of hydrogen-bond donors (Lipinski definition) is 0. The van der Waals surface area contributed by atoms with Crippen LogP contribution < -0.4 is 0 Å². The van der Waals surface area contributed by atoms with Crippen LogP contribution in [0.1, 0.15) is 52.4 Å². The van der Waals surface area contributed by atoms with Gasteiger partial charge in [0.15, 0.2) is 0 Å². The van der Waals surface area contributed by atoms with Crippen LogP contribution in [0.2, 0.25) is 0 Å². The highest BCUT2D eigenvalue weighted by atomic mass is 16.1. The highest BCUT2D eigenvalue weighted by Crippen LogP contribution is 2.62. The maximum Gasteiger partial charge on any atom is 0.136 e. The number of fused-ring (bicyclic) bond motifs is 5. The SMILES string of the molecule is C#CC1=CCC2C3CC=C4CC(=O)CC[C@]4(C)C3C[C@@H](C)C12. The summed E-state index contributed by atoms with van der Waals surface area (Å²) in [6.07, 6.45) is 16.7. The van der Waals surface area contributed by atoms with Gasteiger partial charge in [-0.3, -0.25) is 4.79 Å². The molecule has 2 saturated carbocycles. The van der Waals surface area contributed by atoms with E-state index in [2.05, 4.69) is 31.9 Å². The van der Waals surface area contributed by atoms with Crippen LogP contribution in [0.5, 0.6) is 0 Å². The van der Waals surface area contributed by atoms with Crippen molar-refractivity contribution < 1.29 is 4.79 Å². The molecule has 4 rings (SSSR count). The van der Waals surface area contributed by atoms with Crippen LogP contribution in [-0.4, -0.2) is 5.78 Å². The first-order valence-electron chi connectivity index (χ1n) is 8.92. The average Bonchev–Trinajstić information content (AvgIpc) is 2.94. The molecular formula is C21H26O. The summed E-state index contributed by atoms with van der Waals surface area (Å²) in [6, 6.07) is 0. The van der Waals surface area contributed by atoms with Crippen molar-refractivity contribution in [2.24, 2.45) is 35.0 Å². The Balaban J connectivity index is 1.69. The number of terminal acetylenes is 1. The molecule has 0 N–H and O–H groups in total. The molecule has 0 aromatic rings. The topological polar surface area (TPSA) is 17.1 Å². The van der Waals surface area contributed by atoms with Crippen molar-refractivity contribution in [3.05, 3.63) is 23.3 Å². The Morgan fingerprint density at radius 3 is 2.82 bits per heavy atom. The zero-order chi connectivity index (χ0) is 15.5. The van der Waals surface area contributed by atoms with Crippen molar-refractivity contribution in [2.75, 3.05) is 0 Å². The van der Waals surface area contributed by atoms with E-state index in [1.807, 2.05) is 0 Å². The first-order valence-corrected chi connectivity index (χ1v) is 8.92. The molecule has 0 aromatic heterocycles. The molecule has 0 aromatic carbocycles. The largest absolute Gasteiger partial charge is 0.299 e. The van der Waals surface area contributed by atoms with Gasteiger partial charge in [-0.05, 0) is 60.7 Å². The van der Waals surface area contributed by atoms with Gasteiger partial charge in [-0.2, -0.15) is 0 Å². The maximum absolute atomic E-state index is 11.9. The van der Waals surface area contributed by atoms with Crippen molar-refractivity contribution in [3.63, 3.8) is 0 Å². The molecule has 6 atom stereocenters. The lowest BCUT2D eigenvalue weighted by Crippen LogP contribution is -2.49. The van der Waals surface area contributed by atoms with Crippen molar-refractivity contribution in [1.82, 2.24) is 0 Å². The summed E-state index contributed by atoms with van der Waals surface area (Å²) in [7, 11) is 0. The molecule has 1 heteroatoms. The van der Waals surface area contributed by atoms with Crippen molar-refractivity contribution in [1.29, 1.82) is 0 Å². The first kappa shape index (κ1) is 14.3. The van der Waals surface area contributed by atoms with Crippen LogP contribution in [0, 0.1) is 47.3 Å². The Morgan fingerprint density at radius 1 is 1.27 bits per heavy atom. The van der Waals surface area contributed by atoms with E-state index in [1.54, 1.807) is 0 Å². The normalized spacial score (nSPS) is 46.8. The number of Topliss-reactive ketones (excluding diaryl/α,β-unsaturated/α-hetero) is 1. The van der Waals surface area contributed by atoms with Gasteiger partial charge in [-0.15, -0.1) is 6.42 Å². The van der Waals surface area contributed by atoms with E-state index in [4.69, 9.17) is 6.42 Å². The number of hydrogen-bond acceptors (Lipinski definition) is 1. The van der Waals surface area contributed by atoms with Gasteiger partial charge in [0.25, 0.3) is 0 Å². The van der Waals surface area contributed by atoms with Gasteiger partial charge in [-0.1, -0.05) is 37.5 Å². The van der Waals surface area contributed by atoms with Gasteiger partial charge < -0.3 is 0 Å². The number of carbonyl (C=O) groups is 1. The molecule has 0 heterocycles. The number of ketones is 1. The van der Waals surface area contributed by atoms with E-state index in [0.717, 1.165) is 37.0 Å². The second-order valence-electron chi connectivity index (χ2n) is 8.31. The average molecular weight is 294 g/mol. The van der Waals surface area contributed by atoms with Gasteiger partial charge in [0.05, 0.1) is 0 Å². The molecule has 4 aliphatic rings. The van der Waals surface area contributed by atoms with E-state index < -0.39 is 0 Å². The highest BCUT2D eigenvalue weighted by molar-refractivity contribution is 5.82. The number of rotatable bonds is 0. The molecule has 0 aliphatic heterocycles. The summed E-state index contributed by atoms with van der Waals surface area (Å²) >= 11 is 0. The van der Waals surface area contributed by atoms with E-state index in [1.165, 1.54) is 30.4 Å². The second kappa shape index (κ2) is 4.85. The van der Waals surface area contributed by atoms with Crippen molar-refractivity contribution in [2.45, 2.75) is 52.4 Å². The van der Waals surface area contributed by atoms with Gasteiger partial charge in [0.2, 0.25) is 0 Å². The standard InChI is InChI=1S/C21H26O/c1-4-14-5-7-18-17-8-6-15-12-16(22)9-10-21(15,3)19(17)11-13(2)20(14)18/h1,5-6,13,17-20H,7-12H2,2-3H3/t13-,17?,18?,19?,20?,21+/m1/s1. The number of carbonyl (C=O) groups excluding carboxylic acids is 1. The van der Waals surface area contributed by atoms with Gasteiger partial charge in [0, 0.05) is 18.4 Å². The predicted octanol–water partition coefficient (Wildman–Crippen LogP) is 4.54. The third-order valence-electron chi connectivity index (χ3n) is 7.40. The highest BCUT2D eigenvalue weighted by Gasteiger charge is 2.54. The summed E-state index contributed by atoms with van der Waals surface area (Å²) in [5, 5.41) is 0. The van der Waals surface area contributed by atoms with Crippen LogP contribution in [0.15, 0.2) is 23.3 Å². The van der Waals surface area contributed by atoms with E-state index in [9.17, 15) is 4.79 Å². The van der Waals surface area contributed by atoms with Crippen LogP contribution in [0.3, 0.4) is 0 Å². The minimum atomic E-state index is 0.273. The lowest BCUT2D eigenvalue weighted by Gasteiger charge is -2.56. The fourth-order valence-corrected chi connectivity index (χ4v) is 6.26. The Bertz CT molecular complexity index is 616. The Hall–Kier alpha value is -1.29. The molecule has 0 saturated heterocycles. The van der Waals surface area contributed by atoms with Crippen LogP contribution in [0.25, 0.3) is 0 Å². The molecular weight excluding hydrogens is 268 g/mol. The van der Waals surface area contributed by atoms with E-state index in [0.29, 0.717) is 17.6 Å². The third kappa shape index (κ3) is 1.82. The van der Waals surface area contributed by atoms with Crippen molar-refractivity contribution in [3.8, 4) is 12.3 Å². The molecule has 1 nitrogen and oxygen atoms in total. The smallest absolute Gasteiger partial charge is 0.136 e. The van der Waals surface area contributed by atoms with Gasteiger partial charge in [-0.25, -0.2) is 0 Å². The third-order valence-corrected chi connectivity index (χ3v) is 7.40. The second-order valence-corrected chi connectivity index (χ2v) is 8.31. The summed E-state index contributed by atoms with van der Waals surface area (Å²) < 4.78 is 0. The molecule has 0 spiro atoms. The molecule has 0 bridgehead atoms. The molecule has 4 unspecified atom stereocenters. The quantitative estimate of drug-likeness (QED) is 0.473. The Morgan fingerprint density at radius 2 is 2.05 bits per heavy atom. The van der Waals surface area contributed by atoms with Crippen LogP contribution >= 0.6 is 0 Å². The minimum absolute atomic E-state index is 0.273. The first-order chi connectivity index (χ1) is 10.5. The molecule has 0 amide bonds. The molecule has 4 aliphatic carbocycles. The summed E-state index contributed by atoms with van der Waals surface area (Å²) in [4.78, 5) is 11.9. The van der Waals surface area contributed by atoms with Crippen molar-refractivity contribution >= 4 is 5.78 Å². The Labute approximate surface area is 134 Å². The summed E-state index contributed by atoms with van der Waals surface area (Å²) in [5.74, 6) is 6.98. The minimum Gasteiger partial charge on any atom is -0.299 e. The maximum atomic E-state index is 11.9. The van der Waals surface area contributed by atoms with E-state index in [-0.39, 0.29) is 5.41 Å². The molecule has 22 heavy (non-hydrogen) atoms. The van der Waals surface area contributed by atoms with E-state index >= 15 is 0 Å². The van der Waals surface area contributed by atoms with Crippen LogP contribution in [0.4, 0.5) is 0 Å². The monoisotopic (exact) mass is 294 g/mol. The summed E-state index contributed by atoms with van der Waals surface area (Å²) in [6.45, 7) is 4.85. The van der Waals surface area contributed by atoms with Gasteiger partial charge in [0.1, 0.15) is 5.78 Å². The molecule has 0 radical (unpaired) electrons. The molecule has 2 fully saturated rings. The molecule has 116 valence electrons. The lowest BCUT2D eigenvalue weighted by atomic mass is 9.48. The lowest BCUT2D eigenvalue weighted by molar-refractivity contribution is -0.122. The fourth-order valence-electron chi connectivity index (χ4n) is 6.26. The zero-order valence-electron chi connectivity index (χ0n) is 13.8. The Kier molecular flexibility index (Phi) is 3.16. The number of allylic oxidation sites excluding steroid dienone is 4. The predicted molar refractivity (Wildman–Crippen MR) is 88.9 cm³/mol. The zero-order valence-corrected chi connectivity index (χ0v) is 13.8.